The van der Waals surface area contributed by atoms with Crippen molar-refractivity contribution in [3.05, 3.63) is 18.7 Å². The Balaban J connectivity index is 1.53. The van der Waals surface area contributed by atoms with E-state index in [0.717, 1.165) is 39.1 Å². The molecule has 1 amide bonds. The summed E-state index contributed by atoms with van der Waals surface area (Å²) in [5.41, 5.74) is 0. The lowest BCUT2D eigenvalue weighted by atomic mass is 10.0. The molecule has 1 aromatic rings. The normalized spacial score (nSPS) is 17.0. The SMILES string of the molecule is CN1CCC(N(C)CCC(=O)NCCCn2ccnc2)CC1. The van der Waals surface area contributed by atoms with Crippen molar-refractivity contribution in [1.29, 1.82) is 0 Å². The molecule has 1 aliphatic heterocycles. The van der Waals surface area contributed by atoms with Crippen molar-refractivity contribution in [2.75, 3.05) is 40.3 Å². The van der Waals surface area contributed by atoms with Gasteiger partial charge in [0.15, 0.2) is 0 Å². The van der Waals surface area contributed by atoms with Crippen LogP contribution in [0, 0.1) is 0 Å². The van der Waals surface area contributed by atoms with Crippen LogP contribution in [0.15, 0.2) is 18.7 Å². The predicted molar refractivity (Wildman–Crippen MR) is 87.6 cm³/mol. The minimum atomic E-state index is 0.158. The lowest BCUT2D eigenvalue weighted by molar-refractivity contribution is -0.121. The molecule has 2 rings (SSSR count). The zero-order valence-electron chi connectivity index (χ0n) is 13.9. The first-order valence-corrected chi connectivity index (χ1v) is 8.26. The fourth-order valence-electron chi connectivity index (χ4n) is 2.89. The molecule has 0 atom stereocenters. The minimum Gasteiger partial charge on any atom is -0.356 e. The van der Waals surface area contributed by atoms with E-state index in [-0.39, 0.29) is 5.91 Å². The number of nitrogens with zero attached hydrogens (tertiary/aromatic N) is 4. The molecule has 1 aromatic heterocycles. The van der Waals surface area contributed by atoms with E-state index < -0.39 is 0 Å². The monoisotopic (exact) mass is 307 g/mol. The minimum absolute atomic E-state index is 0.158. The molecule has 1 saturated heterocycles. The van der Waals surface area contributed by atoms with E-state index in [1.807, 2.05) is 10.8 Å². The maximum absolute atomic E-state index is 11.9. The average molecular weight is 307 g/mol. The third-order valence-corrected chi connectivity index (χ3v) is 4.48. The summed E-state index contributed by atoms with van der Waals surface area (Å²) in [4.78, 5) is 20.6. The number of imidazole rings is 1. The van der Waals surface area contributed by atoms with E-state index in [9.17, 15) is 4.79 Å². The Bertz CT molecular complexity index is 426. The number of hydrogen-bond donors (Lipinski definition) is 1. The van der Waals surface area contributed by atoms with E-state index in [2.05, 4.69) is 34.2 Å². The molecular weight excluding hydrogens is 278 g/mol. The molecule has 0 aliphatic carbocycles. The highest BCUT2D eigenvalue weighted by Crippen LogP contribution is 2.14. The van der Waals surface area contributed by atoms with Crippen LogP contribution in [0.1, 0.15) is 25.7 Å². The number of rotatable bonds is 8. The summed E-state index contributed by atoms with van der Waals surface area (Å²) in [6.07, 6.45) is 9.47. The number of piperidine rings is 1. The highest BCUT2D eigenvalue weighted by molar-refractivity contribution is 5.75. The summed E-state index contributed by atoms with van der Waals surface area (Å²) in [6.45, 7) is 4.80. The summed E-state index contributed by atoms with van der Waals surface area (Å²) in [5.74, 6) is 0.158. The Morgan fingerprint density at radius 2 is 2.18 bits per heavy atom. The number of aromatic nitrogens is 2. The highest BCUT2D eigenvalue weighted by atomic mass is 16.1. The Kier molecular flexibility index (Phi) is 6.86. The van der Waals surface area contributed by atoms with Crippen molar-refractivity contribution in [2.24, 2.45) is 0 Å². The summed E-state index contributed by atoms with van der Waals surface area (Å²) >= 11 is 0. The van der Waals surface area contributed by atoms with Crippen molar-refractivity contribution in [3.63, 3.8) is 0 Å². The molecule has 124 valence electrons. The summed E-state index contributed by atoms with van der Waals surface area (Å²) in [7, 11) is 4.32. The lowest BCUT2D eigenvalue weighted by Gasteiger charge is -2.35. The van der Waals surface area contributed by atoms with Gasteiger partial charge in [-0.1, -0.05) is 0 Å². The van der Waals surface area contributed by atoms with Gasteiger partial charge < -0.3 is 19.7 Å². The van der Waals surface area contributed by atoms with E-state index in [1.54, 1.807) is 12.5 Å². The van der Waals surface area contributed by atoms with Crippen LogP contribution in [0.4, 0.5) is 0 Å². The molecule has 0 radical (unpaired) electrons. The van der Waals surface area contributed by atoms with Crippen molar-refractivity contribution >= 4 is 5.91 Å². The number of hydrogen-bond acceptors (Lipinski definition) is 4. The molecule has 0 spiro atoms. The van der Waals surface area contributed by atoms with Crippen LogP contribution in [0.3, 0.4) is 0 Å². The number of carbonyl (C=O) groups excluding carboxylic acids is 1. The molecule has 6 heteroatoms. The molecule has 1 aliphatic rings. The first-order chi connectivity index (χ1) is 10.6. The van der Waals surface area contributed by atoms with Crippen molar-refractivity contribution in [3.8, 4) is 0 Å². The fraction of sp³-hybridized carbons (Fsp3) is 0.750. The molecule has 6 nitrogen and oxygen atoms in total. The standard InChI is InChI=1S/C16H29N5O/c1-19-10-4-15(5-11-19)20(2)12-6-16(22)18-7-3-9-21-13-8-17-14-21/h8,13-15H,3-7,9-12H2,1-2H3,(H,18,22). The summed E-state index contributed by atoms with van der Waals surface area (Å²) < 4.78 is 2.03. The van der Waals surface area contributed by atoms with Crippen molar-refractivity contribution in [2.45, 2.75) is 38.3 Å². The second-order valence-corrected chi connectivity index (χ2v) is 6.27. The van der Waals surface area contributed by atoms with Crippen LogP contribution in [-0.2, 0) is 11.3 Å². The van der Waals surface area contributed by atoms with Gasteiger partial charge in [0.25, 0.3) is 0 Å². The molecule has 22 heavy (non-hydrogen) atoms. The molecule has 0 bridgehead atoms. The Hall–Kier alpha value is -1.40. The Morgan fingerprint density at radius 3 is 2.86 bits per heavy atom. The average Bonchev–Trinajstić information content (AvgIpc) is 3.03. The summed E-state index contributed by atoms with van der Waals surface area (Å²) in [5, 5.41) is 3.00. The van der Waals surface area contributed by atoms with Gasteiger partial charge in [-0.3, -0.25) is 4.79 Å². The van der Waals surface area contributed by atoms with Gasteiger partial charge >= 0.3 is 0 Å². The topological polar surface area (TPSA) is 53.4 Å². The quantitative estimate of drug-likeness (QED) is 0.722. The molecule has 0 aromatic carbocycles. The van der Waals surface area contributed by atoms with Gasteiger partial charge in [-0.15, -0.1) is 0 Å². The van der Waals surface area contributed by atoms with Crippen LogP contribution in [0.25, 0.3) is 0 Å². The number of amides is 1. The van der Waals surface area contributed by atoms with Crippen LogP contribution in [-0.4, -0.2) is 71.6 Å². The molecular formula is C16H29N5O. The van der Waals surface area contributed by atoms with Gasteiger partial charge in [0.05, 0.1) is 6.33 Å². The molecule has 0 unspecified atom stereocenters. The van der Waals surface area contributed by atoms with Gasteiger partial charge in [-0.05, 0) is 46.4 Å². The van der Waals surface area contributed by atoms with E-state index in [4.69, 9.17) is 0 Å². The van der Waals surface area contributed by atoms with Gasteiger partial charge in [0.2, 0.25) is 5.91 Å². The Labute approximate surface area is 133 Å². The fourth-order valence-corrected chi connectivity index (χ4v) is 2.89. The largest absolute Gasteiger partial charge is 0.356 e. The van der Waals surface area contributed by atoms with Gasteiger partial charge in [-0.2, -0.15) is 0 Å². The number of nitrogens with one attached hydrogen (secondary N) is 1. The lowest BCUT2D eigenvalue weighted by Crippen LogP contribution is -2.43. The van der Waals surface area contributed by atoms with E-state index in [0.29, 0.717) is 12.5 Å². The number of aryl methyl sites for hydroxylation is 1. The third kappa shape index (κ3) is 5.77. The van der Waals surface area contributed by atoms with Gasteiger partial charge in [0, 0.05) is 44.5 Å². The predicted octanol–water partition coefficient (Wildman–Crippen LogP) is 0.806. The zero-order valence-corrected chi connectivity index (χ0v) is 13.9. The van der Waals surface area contributed by atoms with E-state index in [1.165, 1.54) is 12.8 Å². The molecule has 0 saturated carbocycles. The second-order valence-electron chi connectivity index (χ2n) is 6.27. The first-order valence-electron chi connectivity index (χ1n) is 8.26. The molecule has 2 heterocycles. The second kappa shape index (κ2) is 8.90. The summed E-state index contributed by atoms with van der Waals surface area (Å²) in [6, 6.07) is 0.630. The third-order valence-electron chi connectivity index (χ3n) is 4.48. The zero-order chi connectivity index (χ0) is 15.8. The maximum Gasteiger partial charge on any atom is 0.221 e. The van der Waals surface area contributed by atoms with Crippen molar-refractivity contribution in [1.82, 2.24) is 24.7 Å². The van der Waals surface area contributed by atoms with E-state index >= 15 is 0 Å². The van der Waals surface area contributed by atoms with Crippen LogP contribution < -0.4 is 5.32 Å². The van der Waals surface area contributed by atoms with Crippen molar-refractivity contribution < 1.29 is 4.79 Å². The first kappa shape index (κ1) is 17.0. The van der Waals surface area contributed by atoms with Gasteiger partial charge in [0.1, 0.15) is 0 Å². The van der Waals surface area contributed by atoms with Crippen LogP contribution >= 0.6 is 0 Å². The number of carbonyl (C=O) groups is 1. The molecule has 1 fully saturated rings. The Morgan fingerprint density at radius 1 is 1.41 bits per heavy atom. The smallest absolute Gasteiger partial charge is 0.221 e. The number of likely N-dealkylation sites (tertiary alicyclic amines) is 1. The van der Waals surface area contributed by atoms with Crippen LogP contribution in [0.2, 0.25) is 0 Å². The maximum atomic E-state index is 11.9. The highest BCUT2D eigenvalue weighted by Gasteiger charge is 2.20. The molecule has 1 N–H and O–H groups in total. The van der Waals surface area contributed by atoms with Crippen LogP contribution in [0.5, 0.6) is 0 Å². The van der Waals surface area contributed by atoms with Gasteiger partial charge in [-0.25, -0.2) is 4.98 Å².